The van der Waals surface area contributed by atoms with Gasteiger partial charge in [0.2, 0.25) is 5.91 Å². The number of hydrogen-bond donors (Lipinski definition) is 1. The first-order chi connectivity index (χ1) is 7.65. The summed E-state index contributed by atoms with van der Waals surface area (Å²) in [5.41, 5.74) is 3.10. The van der Waals surface area contributed by atoms with E-state index in [1.807, 2.05) is 0 Å². The van der Waals surface area contributed by atoms with Crippen molar-refractivity contribution in [2.75, 3.05) is 14.2 Å². The molecule has 16 heavy (non-hydrogen) atoms. The Morgan fingerprint density at radius 2 is 1.81 bits per heavy atom. The molecule has 0 atom stereocenters. The number of carbonyl (C=O) groups is 1. The van der Waals surface area contributed by atoms with Crippen LogP contribution in [-0.4, -0.2) is 26.3 Å². The van der Waals surface area contributed by atoms with E-state index in [2.05, 4.69) is 10.5 Å². The molecule has 0 aliphatic rings. The van der Waals surface area contributed by atoms with Gasteiger partial charge in [-0.25, -0.2) is 5.43 Å². The van der Waals surface area contributed by atoms with Crippen LogP contribution in [0.25, 0.3) is 0 Å². The van der Waals surface area contributed by atoms with Gasteiger partial charge in [-0.2, -0.15) is 5.10 Å². The number of carbonyl (C=O) groups excluding carboxylic acids is 1. The monoisotopic (exact) mass is 222 g/mol. The second-order valence-corrected chi connectivity index (χ2v) is 3.07. The SMILES string of the molecule is COc1cc(C=NNC(C)=O)cc(OC)c1. The third-order valence-corrected chi connectivity index (χ3v) is 1.81. The highest BCUT2D eigenvalue weighted by atomic mass is 16.5. The molecule has 5 heteroatoms. The van der Waals surface area contributed by atoms with Crippen LogP contribution in [0, 0.1) is 0 Å². The number of nitrogens with zero attached hydrogens (tertiary/aromatic N) is 1. The molecule has 0 aromatic heterocycles. The van der Waals surface area contributed by atoms with Gasteiger partial charge >= 0.3 is 0 Å². The van der Waals surface area contributed by atoms with Crippen LogP contribution in [0.5, 0.6) is 11.5 Å². The molecule has 0 saturated heterocycles. The van der Waals surface area contributed by atoms with Gasteiger partial charge in [0.25, 0.3) is 0 Å². The zero-order chi connectivity index (χ0) is 12.0. The zero-order valence-electron chi connectivity index (χ0n) is 9.48. The van der Waals surface area contributed by atoms with Crippen molar-refractivity contribution in [3.8, 4) is 11.5 Å². The van der Waals surface area contributed by atoms with Crippen molar-refractivity contribution in [3.05, 3.63) is 23.8 Å². The summed E-state index contributed by atoms with van der Waals surface area (Å²) in [5.74, 6) is 1.12. The normalized spacial score (nSPS) is 10.2. The summed E-state index contributed by atoms with van der Waals surface area (Å²) >= 11 is 0. The van der Waals surface area contributed by atoms with E-state index < -0.39 is 0 Å². The molecule has 86 valence electrons. The number of ether oxygens (including phenoxy) is 2. The van der Waals surface area contributed by atoms with Crippen molar-refractivity contribution in [2.24, 2.45) is 5.10 Å². The molecular formula is C11H14N2O3. The number of rotatable bonds is 4. The lowest BCUT2D eigenvalue weighted by Crippen LogP contribution is -2.12. The van der Waals surface area contributed by atoms with Gasteiger partial charge in [0.15, 0.2) is 0 Å². The summed E-state index contributed by atoms with van der Waals surface area (Å²) < 4.78 is 10.2. The largest absolute Gasteiger partial charge is 0.497 e. The van der Waals surface area contributed by atoms with Crippen molar-refractivity contribution in [2.45, 2.75) is 6.92 Å². The average molecular weight is 222 g/mol. The van der Waals surface area contributed by atoms with E-state index in [-0.39, 0.29) is 5.91 Å². The molecule has 1 amide bonds. The summed E-state index contributed by atoms with van der Waals surface area (Å²) in [6.45, 7) is 1.39. The van der Waals surface area contributed by atoms with Gasteiger partial charge in [0.1, 0.15) is 11.5 Å². The van der Waals surface area contributed by atoms with Crippen LogP contribution in [0.2, 0.25) is 0 Å². The minimum absolute atomic E-state index is 0.217. The second-order valence-electron chi connectivity index (χ2n) is 3.07. The first kappa shape index (κ1) is 12.0. The van der Waals surface area contributed by atoms with Crippen LogP contribution in [0.3, 0.4) is 0 Å². The molecule has 5 nitrogen and oxygen atoms in total. The Morgan fingerprint density at radius 1 is 1.25 bits per heavy atom. The standard InChI is InChI=1S/C11H14N2O3/c1-8(14)13-12-7-9-4-10(15-2)6-11(5-9)16-3/h4-7H,1-3H3,(H,13,14). The van der Waals surface area contributed by atoms with Gasteiger partial charge in [-0.15, -0.1) is 0 Å². The smallest absolute Gasteiger partial charge is 0.236 e. The topological polar surface area (TPSA) is 59.9 Å². The number of benzene rings is 1. The molecule has 0 bridgehead atoms. The maximum Gasteiger partial charge on any atom is 0.236 e. The van der Waals surface area contributed by atoms with Crippen molar-refractivity contribution < 1.29 is 14.3 Å². The molecule has 0 aliphatic heterocycles. The molecule has 0 heterocycles. The van der Waals surface area contributed by atoms with Crippen LogP contribution >= 0.6 is 0 Å². The maximum atomic E-state index is 10.6. The first-order valence-corrected chi connectivity index (χ1v) is 4.68. The van der Waals surface area contributed by atoms with E-state index in [4.69, 9.17) is 9.47 Å². The third-order valence-electron chi connectivity index (χ3n) is 1.81. The molecule has 0 fully saturated rings. The van der Waals surface area contributed by atoms with Gasteiger partial charge in [-0.1, -0.05) is 0 Å². The molecule has 0 aliphatic carbocycles. The van der Waals surface area contributed by atoms with E-state index in [1.54, 1.807) is 32.4 Å². The number of amides is 1. The van der Waals surface area contributed by atoms with Gasteiger partial charge in [0.05, 0.1) is 20.4 Å². The van der Waals surface area contributed by atoms with Gasteiger partial charge in [-0.3, -0.25) is 4.79 Å². The Labute approximate surface area is 94.1 Å². The van der Waals surface area contributed by atoms with E-state index in [9.17, 15) is 4.79 Å². The highest BCUT2D eigenvalue weighted by molar-refractivity contribution is 5.82. The predicted molar refractivity (Wildman–Crippen MR) is 61.0 cm³/mol. The fourth-order valence-electron chi connectivity index (χ4n) is 1.10. The average Bonchev–Trinajstić information content (AvgIpc) is 2.28. The van der Waals surface area contributed by atoms with Gasteiger partial charge in [0, 0.05) is 18.6 Å². The van der Waals surface area contributed by atoms with E-state index >= 15 is 0 Å². The van der Waals surface area contributed by atoms with Crippen LogP contribution in [0.4, 0.5) is 0 Å². The quantitative estimate of drug-likeness (QED) is 0.614. The van der Waals surface area contributed by atoms with E-state index in [1.165, 1.54) is 13.1 Å². The van der Waals surface area contributed by atoms with Crippen molar-refractivity contribution in [3.63, 3.8) is 0 Å². The fraction of sp³-hybridized carbons (Fsp3) is 0.273. The highest BCUT2D eigenvalue weighted by Crippen LogP contribution is 2.21. The Kier molecular flexibility index (Phi) is 4.32. The van der Waals surface area contributed by atoms with Gasteiger partial charge in [-0.05, 0) is 12.1 Å². The van der Waals surface area contributed by atoms with Crippen LogP contribution in [0.1, 0.15) is 12.5 Å². The van der Waals surface area contributed by atoms with Gasteiger partial charge < -0.3 is 9.47 Å². The molecule has 1 aromatic carbocycles. The number of hydrazone groups is 1. The lowest BCUT2D eigenvalue weighted by Gasteiger charge is -2.05. The first-order valence-electron chi connectivity index (χ1n) is 4.68. The summed E-state index contributed by atoms with van der Waals surface area (Å²) in [6.07, 6.45) is 1.52. The molecule has 0 saturated carbocycles. The number of nitrogens with one attached hydrogen (secondary N) is 1. The van der Waals surface area contributed by atoms with Crippen LogP contribution in [-0.2, 0) is 4.79 Å². The molecule has 1 N–H and O–H groups in total. The molecule has 0 unspecified atom stereocenters. The van der Waals surface area contributed by atoms with E-state index in [0.717, 1.165) is 5.56 Å². The Balaban J connectivity index is 2.86. The van der Waals surface area contributed by atoms with Crippen molar-refractivity contribution in [1.29, 1.82) is 0 Å². The van der Waals surface area contributed by atoms with Crippen molar-refractivity contribution in [1.82, 2.24) is 5.43 Å². The minimum atomic E-state index is -0.217. The van der Waals surface area contributed by atoms with Crippen molar-refractivity contribution >= 4 is 12.1 Å². The Hall–Kier alpha value is -2.04. The Bertz CT molecular complexity index is 380. The molecule has 1 aromatic rings. The lowest BCUT2D eigenvalue weighted by atomic mass is 10.2. The fourth-order valence-corrected chi connectivity index (χ4v) is 1.10. The molecule has 1 rings (SSSR count). The predicted octanol–water partition coefficient (Wildman–Crippen LogP) is 1.17. The maximum absolute atomic E-state index is 10.6. The zero-order valence-corrected chi connectivity index (χ0v) is 9.48. The van der Waals surface area contributed by atoms with E-state index in [0.29, 0.717) is 11.5 Å². The summed E-state index contributed by atoms with van der Waals surface area (Å²) in [4.78, 5) is 10.6. The summed E-state index contributed by atoms with van der Waals surface area (Å²) in [7, 11) is 3.15. The number of methoxy groups -OCH3 is 2. The molecular weight excluding hydrogens is 208 g/mol. The highest BCUT2D eigenvalue weighted by Gasteiger charge is 1.99. The Morgan fingerprint density at radius 3 is 2.25 bits per heavy atom. The molecule has 0 spiro atoms. The number of hydrogen-bond acceptors (Lipinski definition) is 4. The third kappa shape index (κ3) is 3.61. The lowest BCUT2D eigenvalue weighted by molar-refractivity contribution is -0.118. The molecule has 0 radical (unpaired) electrons. The van der Waals surface area contributed by atoms with Crippen LogP contribution in [0.15, 0.2) is 23.3 Å². The second kappa shape index (κ2) is 5.75. The van der Waals surface area contributed by atoms with Crippen LogP contribution < -0.4 is 14.9 Å². The summed E-state index contributed by atoms with van der Waals surface area (Å²) in [6, 6.07) is 5.33. The summed E-state index contributed by atoms with van der Waals surface area (Å²) in [5, 5.41) is 3.76. The minimum Gasteiger partial charge on any atom is -0.497 e.